The Bertz CT molecular complexity index is 1810. The molecule has 0 N–H and O–H groups in total. The molecule has 0 aromatic heterocycles. The second kappa shape index (κ2) is 23.7. The predicted molar refractivity (Wildman–Crippen MR) is 251 cm³/mol. The van der Waals surface area contributed by atoms with Gasteiger partial charge in [-0.25, -0.2) is 0 Å². The topological polar surface area (TPSA) is 78.9 Å². The van der Waals surface area contributed by atoms with Crippen molar-refractivity contribution >= 4 is 73.5 Å². The van der Waals surface area contributed by atoms with Gasteiger partial charge in [0.05, 0.1) is 24.7 Å². The van der Waals surface area contributed by atoms with E-state index in [-0.39, 0.29) is 57.0 Å². The molecule has 0 spiro atoms. The standard InChI is InChI=1S/C51H53O6P3/c1-2-51(39-55-48(52)33-36-58(42-21-9-3-10-22-42)43-23-11-4-12-24-43,40-56-49(53)34-37-59(44-25-13-5-14-26-44)45-27-15-6-16-28-45)41-57-50(54)35-38-60(46-29-17-7-18-30-46)47-31-19-8-20-32-47/h3-32H,2,33-41H2,1H3. The highest BCUT2D eigenvalue weighted by Gasteiger charge is 2.35. The molecule has 6 nitrogen and oxygen atoms in total. The van der Waals surface area contributed by atoms with E-state index < -0.39 is 29.2 Å². The van der Waals surface area contributed by atoms with Gasteiger partial charge in [0.1, 0.15) is 19.8 Å². The van der Waals surface area contributed by atoms with Crippen LogP contribution in [0.15, 0.2) is 182 Å². The number of carbonyl (C=O) groups is 3. The van der Waals surface area contributed by atoms with Gasteiger partial charge in [0.15, 0.2) is 0 Å². The molecule has 6 aromatic carbocycles. The van der Waals surface area contributed by atoms with Crippen molar-refractivity contribution in [1.29, 1.82) is 0 Å². The van der Waals surface area contributed by atoms with E-state index in [1.165, 1.54) is 31.8 Å². The normalized spacial score (nSPS) is 11.4. The second-order valence-corrected chi connectivity index (χ2v) is 21.6. The minimum atomic E-state index is -0.919. The third kappa shape index (κ3) is 13.5. The molecule has 0 aliphatic rings. The number of hydrogen-bond donors (Lipinski definition) is 0. The third-order valence-corrected chi connectivity index (χ3v) is 17.9. The highest BCUT2D eigenvalue weighted by Crippen LogP contribution is 2.37. The SMILES string of the molecule is CCC(COC(=O)CCP(c1ccccc1)c1ccccc1)(COC(=O)CCP(c1ccccc1)c1ccccc1)COC(=O)CCP(c1ccccc1)c1ccccc1. The average molecular weight is 855 g/mol. The Labute approximate surface area is 359 Å². The number of benzene rings is 6. The van der Waals surface area contributed by atoms with Crippen LogP contribution in [0.4, 0.5) is 0 Å². The van der Waals surface area contributed by atoms with Crippen LogP contribution in [-0.4, -0.2) is 56.2 Å². The van der Waals surface area contributed by atoms with Gasteiger partial charge in [0.2, 0.25) is 0 Å². The molecule has 0 fully saturated rings. The highest BCUT2D eigenvalue weighted by molar-refractivity contribution is 7.73. The first-order chi connectivity index (χ1) is 29.4. The molecule has 308 valence electrons. The van der Waals surface area contributed by atoms with Gasteiger partial charge >= 0.3 is 17.9 Å². The lowest BCUT2D eigenvalue weighted by Gasteiger charge is -2.31. The van der Waals surface area contributed by atoms with Gasteiger partial charge in [-0.15, -0.1) is 0 Å². The van der Waals surface area contributed by atoms with Gasteiger partial charge in [0.25, 0.3) is 0 Å². The number of hydrogen-bond acceptors (Lipinski definition) is 6. The van der Waals surface area contributed by atoms with Crippen LogP contribution in [0.3, 0.4) is 0 Å². The summed E-state index contributed by atoms with van der Waals surface area (Å²) in [5.41, 5.74) is -0.919. The molecule has 9 heteroatoms. The van der Waals surface area contributed by atoms with Gasteiger partial charge < -0.3 is 14.2 Å². The molecule has 0 radical (unpaired) electrons. The summed E-state index contributed by atoms with van der Waals surface area (Å²) in [6.07, 6.45) is 3.01. The van der Waals surface area contributed by atoms with Crippen LogP contribution in [0.5, 0.6) is 0 Å². The average Bonchev–Trinajstić information content (AvgIpc) is 3.31. The quantitative estimate of drug-likeness (QED) is 0.0387. The van der Waals surface area contributed by atoms with E-state index in [0.717, 1.165) is 0 Å². The van der Waals surface area contributed by atoms with Gasteiger partial charge in [-0.3, -0.25) is 14.4 Å². The van der Waals surface area contributed by atoms with E-state index in [1.807, 2.05) is 116 Å². The molecule has 0 aliphatic carbocycles. The minimum Gasteiger partial charge on any atom is -0.465 e. The Balaban J connectivity index is 1.12. The van der Waals surface area contributed by atoms with Crippen molar-refractivity contribution in [2.75, 3.05) is 38.3 Å². The summed E-state index contributed by atoms with van der Waals surface area (Å²) in [7, 11) is -2.34. The first kappa shape index (κ1) is 44.6. The minimum absolute atomic E-state index is 0.0427. The lowest BCUT2D eigenvalue weighted by Crippen LogP contribution is -2.39. The molecule has 0 saturated heterocycles. The van der Waals surface area contributed by atoms with Crippen molar-refractivity contribution in [1.82, 2.24) is 0 Å². The maximum absolute atomic E-state index is 13.5. The number of rotatable bonds is 22. The summed E-state index contributed by atoms with van der Waals surface area (Å²) in [6, 6.07) is 61.7. The fourth-order valence-corrected chi connectivity index (χ4v) is 13.7. The highest BCUT2D eigenvalue weighted by atomic mass is 31.1. The first-order valence-corrected chi connectivity index (χ1v) is 25.1. The zero-order valence-electron chi connectivity index (χ0n) is 34.2. The molecule has 0 atom stereocenters. The van der Waals surface area contributed by atoms with E-state index in [1.54, 1.807) is 0 Å². The molecule has 0 heterocycles. The Morgan fingerprint density at radius 2 is 0.567 bits per heavy atom. The summed E-state index contributed by atoms with van der Waals surface area (Å²) in [5, 5.41) is 7.16. The first-order valence-electron chi connectivity index (χ1n) is 20.5. The zero-order valence-corrected chi connectivity index (χ0v) is 36.9. The Morgan fingerprint density at radius 1 is 0.367 bits per heavy atom. The molecule has 0 unspecified atom stereocenters. The van der Waals surface area contributed by atoms with Crippen LogP contribution < -0.4 is 31.8 Å². The van der Waals surface area contributed by atoms with Crippen LogP contribution in [0.1, 0.15) is 32.6 Å². The molecule has 0 bridgehead atoms. The molecule has 6 aromatic rings. The van der Waals surface area contributed by atoms with E-state index >= 15 is 0 Å². The Hall–Kier alpha value is -4.98. The third-order valence-electron chi connectivity index (χ3n) is 10.4. The van der Waals surface area contributed by atoms with Gasteiger partial charge in [0, 0.05) is 0 Å². The predicted octanol–water partition coefficient (Wildman–Crippen LogP) is 8.58. The van der Waals surface area contributed by atoms with Gasteiger partial charge in [-0.2, -0.15) is 0 Å². The van der Waals surface area contributed by atoms with Crippen LogP contribution in [0, 0.1) is 5.41 Å². The zero-order chi connectivity index (χ0) is 41.8. The van der Waals surface area contributed by atoms with E-state index in [9.17, 15) is 14.4 Å². The van der Waals surface area contributed by atoms with Gasteiger partial charge in [-0.1, -0.05) is 189 Å². The monoisotopic (exact) mass is 854 g/mol. The lowest BCUT2D eigenvalue weighted by atomic mass is 9.88. The van der Waals surface area contributed by atoms with E-state index in [4.69, 9.17) is 14.2 Å². The number of carbonyl (C=O) groups excluding carboxylic acids is 3. The van der Waals surface area contributed by atoms with Crippen LogP contribution in [0.25, 0.3) is 0 Å². The summed E-state index contributed by atoms with van der Waals surface area (Å²) in [4.78, 5) is 40.6. The summed E-state index contributed by atoms with van der Waals surface area (Å²) < 4.78 is 18.0. The Morgan fingerprint density at radius 3 is 0.750 bits per heavy atom. The fraction of sp³-hybridized carbons (Fsp3) is 0.235. The van der Waals surface area contributed by atoms with E-state index in [0.29, 0.717) is 24.9 Å². The maximum atomic E-state index is 13.5. The smallest absolute Gasteiger partial charge is 0.306 e. The lowest BCUT2D eigenvalue weighted by molar-refractivity contribution is -0.161. The van der Waals surface area contributed by atoms with E-state index in [2.05, 4.69) is 72.8 Å². The van der Waals surface area contributed by atoms with Gasteiger partial charge in [-0.05, 0) is 80.5 Å². The van der Waals surface area contributed by atoms with Crippen molar-refractivity contribution in [3.8, 4) is 0 Å². The Kier molecular flexibility index (Phi) is 17.6. The fourth-order valence-electron chi connectivity index (χ4n) is 6.83. The number of ether oxygens (including phenoxy) is 3. The molecule has 0 amide bonds. The molecule has 60 heavy (non-hydrogen) atoms. The molecule has 6 rings (SSSR count). The van der Waals surface area contributed by atoms with Crippen molar-refractivity contribution in [3.63, 3.8) is 0 Å². The molecular formula is C51H53O6P3. The van der Waals surface area contributed by atoms with Crippen molar-refractivity contribution in [3.05, 3.63) is 182 Å². The van der Waals surface area contributed by atoms with Crippen LogP contribution in [0.2, 0.25) is 0 Å². The van der Waals surface area contributed by atoms with Crippen molar-refractivity contribution in [2.45, 2.75) is 32.6 Å². The van der Waals surface area contributed by atoms with Crippen molar-refractivity contribution < 1.29 is 28.6 Å². The van der Waals surface area contributed by atoms with Crippen LogP contribution in [-0.2, 0) is 28.6 Å². The van der Waals surface area contributed by atoms with Crippen molar-refractivity contribution in [2.24, 2.45) is 5.41 Å². The molecular weight excluding hydrogens is 801 g/mol. The van der Waals surface area contributed by atoms with Crippen LogP contribution >= 0.6 is 23.8 Å². The summed E-state index contributed by atoms with van der Waals surface area (Å²) >= 11 is 0. The second-order valence-electron chi connectivity index (χ2n) is 14.6. The molecule has 0 aliphatic heterocycles. The summed E-state index contributed by atoms with van der Waals surface area (Å²) in [5.74, 6) is -1.01. The largest absolute Gasteiger partial charge is 0.465 e. The number of esters is 3. The molecule has 0 saturated carbocycles. The summed E-state index contributed by atoms with van der Waals surface area (Å²) in [6.45, 7) is 1.82. The maximum Gasteiger partial charge on any atom is 0.306 e.